The maximum Gasteiger partial charge on any atom is 0.261 e. The lowest BCUT2D eigenvalue weighted by Crippen LogP contribution is -2.30. The first-order valence-corrected chi connectivity index (χ1v) is 9.63. The summed E-state index contributed by atoms with van der Waals surface area (Å²) in [4.78, 5) is 38.1. The van der Waals surface area contributed by atoms with Gasteiger partial charge in [-0.05, 0) is 38.8 Å². The van der Waals surface area contributed by atoms with Crippen LogP contribution in [0.3, 0.4) is 0 Å². The first-order chi connectivity index (χ1) is 13.4. The van der Waals surface area contributed by atoms with Gasteiger partial charge in [0.05, 0.1) is 22.9 Å². The van der Waals surface area contributed by atoms with Crippen LogP contribution in [0.5, 0.6) is 0 Å². The first kappa shape index (κ1) is 19.8. The molecule has 2 heterocycles. The number of benzene rings is 1. The number of hydrogen-bond donors (Lipinski definition) is 1. The molecular formula is C21H26N4O3. The van der Waals surface area contributed by atoms with Gasteiger partial charge in [0, 0.05) is 31.8 Å². The summed E-state index contributed by atoms with van der Waals surface area (Å²) < 4.78 is 1.74. The number of nitrogens with zero attached hydrogens (tertiary/aromatic N) is 3. The van der Waals surface area contributed by atoms with Crippen LogP contribution in [0.25, 0.3) is 0 Å². The maximum atomic E-state index is 12.3. The Morgan fingerprint density at radius 2 is 1.75 bits per heavy atom. The first-order valence-electron chi connectivity index (χ1n) is 9.63. The molecule has 1 aliphatic rings. The highest BCUT2D eigenvalue weighted by molar-refractivity contribution is 6.21. The highest BCUT2D eigenvalue weighted by Crippen LogP contribution is 2.23. The van der Waals surface area contributed by atoms with Gasteiger partial charge in [-0.1, -0.05) is 18.6 Å². The quantitative estimate of drug-likeness (QED) is 0.562. The number of aromatic nitrogens is 2. The third-order valence-corrected chi connectivity index (χ3v) is 5.06. The van der Waals surface area contributed by atoms with E-state index in [1.807, 2.05) is 27.1 Å². The SMILES string of the molecule is Cc1nn(C)cc1C(C)NC(=O)CCCCCN1C(=O)c2ccccc2C1=O. The Morgan fingerprint density at radius 3 is 2.32 bits per heavy atom. The number of carbonyl (C=O) groups is 3. The summed E-state index contributed by atoms with van der Waals surface area (Å²) in [6.07, 6.45) is 4.53. The summed E-state index contributed by atoms with van der Waals surface area (Å²) in [5.74, 6) is -0.450. The number of imide groups is 1. The van der Waals surface area contributed by atoms with Crippen molar-refractivity contribution in [2.45, 2.75) is 45.6 Å². The van der Waals surface area contributed by atoms with Crippen LogP contribution < -0.4 is 5.32 Å². The molecule has 3 rings (SSSR count). The van der Waals surface area contributed by atoms with Crippen molar-refractivity contribution in [3.63, 3.8) is 0 Å². The minimum absolute atomic E-state index is 0.00326. The number of nitrogens with one attached hydrogen (secondary N) is 1. The Hall–Kier alpha value is -2.96. The zero-order chi connectivity index (χ0) is 20.3. The monoisotopic (exact) mass is 382 g/mol. The van der Waals surface area contributed by atoms with E-state index < -0.39 is 0 Å². The number of rotatable bonds is 8. The van der Waals surface area contributed by atoms with Crippen LogP contribution in [-0.2, 0) is 11.8 Å². The van der Waals surface area contributed by atoms with E-state index in [1.165, 1.54) is 4.90 Å². The number of carbonyl (C=O) groups excluding carboxylic acids is 3. The lowest BCUT2D eigenvalue weighted by Gasteiger charge is -2.14. The van der Waals surface area contributed by atoms with E-state index in [4.69, 9.17) is 0 Å². The molecule has 0 radical (unpaired) electrons. The lowest BCUT2D eigenvalue weighted by molar-refractivity contribution is -0.121. The minimum atomic E-state index is -0.223. The minimum Gasteiger partial charge on any atom is -0.349 e. The van der Waals surface area contributed by atoms with Gasteiger partial charge in [-0.2, -0.15) is 5.10 Å². The Bertz CT molecular complexity index is 868. The van der Waals surface area contributed by atoms with Gasteiger partial charge in [-0.15, -0.1) is 0 Å². The zero-order valence-corrected chi connectivity index (χ0v) is 16.6. The van der Waals surface area contributed by atoms with Crippen molar-refractivity contribution in [1.29, 1.82) is 0 Å². The summed E-state index contributed by atoms with van der Waals surface area (Å²) in [6, 6.07) is 6.82. The van der Waals surface area contributed by atoms with Crippen molar-refractivity contribution in [2.75, 3.05) is 6.54 Å². The average molecular weight is 382 g/mol. The molecule has 0 spiro atoms. The van der Waals surface area contributed by atoms with Crippen molar-refractivity contribution in [2.24, 2.45) is 7.05 Å². The molecule has 1 aromatic heterocycles. The molecule has 1 aromatic carbocycles. The van der Waals surface area contributed by atoms with Crippen molar-refractivity contribution in [1.82, 2.24) is 20.0 Å². The van der Waals surface area contributed by atoms with Gasteiger partial charge < -0.3 is 5.32 Å². The number of aryl methyl sites for hydroxylation is 2. The Balaban J connectivity index is 1.38. The molecule has 28 heavy (non-hydrogen) atoms. The molecule has 1 unspecified atom stereocenters. The van der Waals surface area contributed by atoms with Crippen molar-refractivity contribution in [3.8, 4) is 0 Å². The molecule has 0 fully saturated rings. The van der Waals surface area contributed by atoms with Crippen LogP contribution in [0.4, 0.5) is 0 Å². The summed E-state index contributed by atoms with van der Waals surface area (Å²) in [6.45, 7) is 4.26. The number of fused-ring (bicyclic) bond motifs is 1. The normalized spacial score (nSPS) is 14.3. The van der Waals surface area contributed by atoms with E-state index in [2.05, 4.69) is 10.4 Å². The van der Waals surface area contributed by atoms with Crippen LogP contribution in [0.2, 0.25) is 0 Å². The van der Waals surface area contributed by atoms with Gasteiger partial charge in [-0.25, -0.2) is 0 Å². The zero-order valence-electron chi connectivity index (χ0n) is 16.6. The van der Waals surface area contributed by atoms with Crippen LogP contribution in [0.1, 0.15) is 70.6 Å². The molecule has 0 saturated heterocycles. The molecular weight excluding hydrogens is 356 g/mol. The number of amides is 3. The topological polar surface area (TPSA) is 84.3 Å². The largest absolute Gasteiger partial charge is 0.349 e. The molecule has 2 aromatic rings. The molecule has 0 saturated carbocycles. The highest BCUT2D eigenvalue weighted by atomic mass is 16.2. The van der Waals surface area contributed by atoms with E-state index in [0.717, 1.165) is 17.7 Å². The average Bonchev–Trinajstić information content (AvgIpc) is 3.12. The Morgan fingerprint density at radius 1 is 1.11 bits per heavy atom. The number of unbranched alkanes of at least 4 members (excludes halogenated alkanes) is 2. The van der Waals surface area contributed by atoms with Crippen LogP contribution in [0.15, 0.2) is 30.5 Å². The van der Waals surface area contributed by atoms with Gasteiger partial charge in [0.1, 0.15) is 0 Å². The van der Waals surface area contributed by atoms with E-state index in [9.17, 15) is 14.4 Å². The van der Waals surface area contributed by atoms with Crippen molar-refractivity contribution in [3.05, 3.63) is 52.8 Å². The van der Waals surface area contributed by atoms with Crippen molar-refractivity contribution >= 4 is 17.7 Å². The second-order valence-electron chi connectivity index (χ2n) is 7.25. The second-order valence-corrected chi connectivity index (χ2v) is 7.25. The van der Waals surface area contributed by atoms with Gasteiger partial charge in [0.2, 0.25) is 5.91 Å². The molecule has 7 nitrogen and oxygen atoms in total. The smallest absolute Gasteiger partial charge is 0.261 e. The van der Waals surface area contributed by atoms with Gasteiger partial charge in [-0.3, -0.25) is 24.0 Å². The predicted octanol–water partition coefficient (Wildman–Crippen LogP) is 2.76. The molecule has 7 heteroatoms. The van der Waals surface area contributed by atoms with Gasteiger partial charge in [0.25, 0.3) is 11.8 Å². The van der Waals surface area contributed by atoms with Crippen LogP contribution in [0, 0.1) is 6.92 Å². The molecule has 1 aliphatic heterocycles. The molecule has 0 aliphatic carbocycles. The Labute approximate surface area is 164 Å². The molecule has 1 atom stereocenters. The van der Waals surface area contributed by atoms with Gasteiger partial charge >= 0.3 is 0 Å². The molecule has 1 N–H and O–H groups in total. The lowest BCUT2D eigenvalue weighted by atomic mass is 10.1. The summed E-state index contributed by atoms with van der Waals surface area (Å²) in [5, 5.41) is 7.29. The third kappa shape index (κ3) is 4.13. The molecule has 3 amide bonds. The highest BCUT2D eigenvalue weighted by Gasteiger charge is 2.34. The summed E-state index contributed by atoms with van der Waals surface area (Å²) in [7, 11) is 1.86. The van der Waals surface area contributed by atoms with Crippen LogP contribution in [-0.4, -0.2) is 38.9 Å². The van der Waals surface area contributed by atoms with Crippen molar-refractivity contribution < 1.29 is 14.4 Å². The fraction of sp³-hybridized carbons (Fsp3) is 0.429. The molecule has 148 valence electrons. The second kappa shape index (κ2) is 8.37. The fourth-order valence-electron chi connectivity index (χ4n) is 3.61. The van der Waals surface area contributed by atoms with E-state index >= 15 is 0 Å². The Kier molecular flexibility index (Phi) is 5.92. The van der Waals surface area contributed by atoms with E-state index in [1.54, 1.807) is 28.9 Å². The summed E-state index contributed by atoms with van der Waals surface area (Å²) >= 11 is 0. The number of hydrogen-bond acceptors (Lipinski definition) is 4. The van der Waals surface area contributed by atoms with Gasteiger partial charge in [0.15, 0.2) is 0 Å². The third-order valence-electron chi connectivity index (χ3n) is 5.06. The maximum absolute atomic E-state index is 12.3. The van der Waals surface area contributed by atoms with Crippen LogP contribution >= 0.6 is 0 Å². The fourth-order valence-corrected chi connectivity index (χ4v) is 3.61. The van der Waals surface area contributed by atoms with E-state index in [0.29, 0.717) is 36.9 Å². The van der Waals surface area contributed by atoms with E-state index in [-0.39, 0.29) is 23.8 Å². The standard InChI is InChI=1S/C21H26N4O3/c1-14(18-13-24(3)23-15(18)2)22-19(26)11-5-4-8-12-25-20(27)16-9-6-7-10-17(16)21(25)28/h6-7,9-10,13-14H,4-5,8,11-12H2,1-3H3,(H,22,26). The summed E-state index contributed by atoms with van der Waals surface area (Å²) in [5.41, 5.74) is 2.89. The predicted molar refractivity (Wildman–Crippen MR) is 105 cm³/mol. The molecule has 0 bridgehead atoms.